The lowest BCUT2D eigenvalue weighted by Crippen LogP contribution is -2.42. The minimum atomic E-state index is -1.43. The molecule has 7 heteroatoms. The SMILES string of the molecule is CCOc1ccc(CC(=O)NC(CC(=O)O)C(=O)O)cc1. The van der Waals surface area contributed by atoms with Gasteiger partial charge < -0.3 is 20.3 Å². The van der Waals surface area contributed by atoms with E-state index in [4.69, 9.17) is 14.9 Å². The minimum absolute atomic E-state index is 0.0319. The summed E-state index contributed by atoms with van der Waals surface area (Å²) >= 11 is 0. The maximum absolute atomic E-state index is 11.7. The number of hydrogen-bond acceptors (Lipinski definition) is 4. The molecule has 1 amide bonds. The van der Waals surface area contributed by atoms with Gasteiger partial charge in [-0.2, -0.15) is 0 Å². The second kappa shape index (κ2) is 7.88. The van der Waals surface area contributed by atoms with E-state index in [9.17, 15) is 14.4 Å². The zero-order valence-electron chi connectivity index (χ0n) is 11.5. The van der Waals surface area contributed by atoms with Gasteiger partial charge in [0, 0.05) is 0 Å². The molecule has 0 fully saturated rings. The predicted octanol–water partition coefficient (Wildman–Crippen LogP) is 0.672. The first kappa shape index (κ1) is 16.5. The molecule has 0 heterocycles. The number of carboxylic acid groups (broad SMARTS) is 2. The number of amides is 1. The second-order valence-corrected chi connectivity index (χ2v) is 4.31. The molecule has 1 aromatic carbocycles. The Morgan fingerprint density at radius 1 is 1.19 bits per heavy atom. The molecule has 0 spiro atoms. The van der Waals surface area contributed by atoms with Crippen molar-refractivity contribution in [3.05, 3.63) is 29.8 Å². The average molecular weight is 295 g/mol. The van der Waals surface area contributed by atoms with Gasteiger partial charge in [0.15, 0.2) is 0 Å². The Labute approximate surface area is 121 Å². The summed E-state index contributed by atoms with van der Waals surface area (Å²) in [4.78, 5) is 33.1. The van der Waals surface area contributed by atoms with Gasteiger partial charge in [-0.15, -0.1) is 0 Å². The Balaban J connectivity index is 2.59. The largest absolute Gasteiger partial charge is 0.494 e. The molecule has 0 aliphatic carbocycles. The van der Waals surface area contributed by atoms with Gasteiger partial charge in [-0.3, -0.25) is 9.59 Å². The third-order valence-corrected chi connectivity index (χ3v) is 2.61. The van der Waals surface area contributed by atoms with Gasteiger partial charge >= 0.3 is 11.9 Å². The molecule has 0 radical (unpaired) electrons. The molecule has 0 aromatic heterocycles. The van der Waals surface area contributed by atoms with E-state index in [0.29, 0.717) is 17.9 Å². The highest BCUT2D eigenvalue weighted by Crippen LogP contribution is 2.12. The molecule has 0 aliphatic heterocycles. The monoisotopic (exact) mass is 295 g/mol. The first-order valence-corrected chi connectivity index (χ1v) is 6.38. The summed E-state index contributed by atoms with van der Waals surface area (Å²) in [6.45, 7) is 2.39. The van der Waals surface area contributed by atoms with Crippen molar-refractivity contribution in [1.29, 1.82) is 0 Å². The second-order valence-electron chi connectivity index (χ2n) is 4.31. The third kappa shape index (κ3) is 5.94. The highest BCUT2D eigenvalue weighted by Gasteiger charge is 2.22. The van der Waals surface area contributed by atoms with E-state index in [1.807, 2.05) is 6.92 Å². The van der Waals surface area contributed by atoms with Crippen molar-refractivity contribution < 1.29 is 29.3 Å². The summed E-state index contributed by atoms with van der Waals surface area (Å²) in [7, 11) is 0. The summed E-state index contributed by atoms with van der Waals surface area (Å²) in [6.07, 6.45) is -0.694. The van der Waals surface area contributed by atoms with Crippen molar-refractivity contribution in [2.24, 2.45) is 0 Å². The number of aliphatic carboxylic acids is 2. The Morgan fingerprint density at radius 3 is 2.29 bits per heavy atom. The van der Waals surface area contributed by atoms with Gasteiger partial charge in [0.25, 0.3) is 0 Å². The number of nitrogens with one attached hydrogen (secondary N) is 1. The molecule has 1 unspecified atom stereocenters. The van der Waals surface area contributed by atoms with Crippen molar-refractivity contribution in [2.75, 3.05) is 6.61 Å². The fraction of sp³-hybridized carbons (Fsp3) is 0.357. The van der Waals surface area contributed by atoms with E-state index >= 15 is 0 Å². The van der Waals surface area contributed by atoms with Crippen LogP contribution in [0.15, 0.2) is 24.3 Å². The molecule has 1 aromatic rings. The summed E-state index contributed by atoms with van der Waals surface area (Å²) in [6, 6.07) is 5.36. The Hall–Kier alpha value is -2.57. The topological polar surface area (TPSA) is 113 Å². The molecule has 1 rings (SSSR count). The number of rotatable bonds is 8. The molecule has 0 aliphatic rings. The van der Waals surface area contributed by atoms with Crippen molar-refractivity contribution in [2.45, 2.75) is 25.8 Å². The zero-order valence-corrected chi connectivity index (χ0v) is 11.5. The Bertz CT molecular complexity index is 511. The number of carboxylic acids is 2. The fourth-order valence-electron chi connectivity index (χ4n) is 1.68. The standard InChI is InChI=1S/C14H17NO6/c1-2-21-10-5-3-9(4-6-10)7-12(16)15-11(14(19)20)8-13(17)18/h3-6,11H,2,7-8H2,1H3,(H,15,16)(H,17,18)(H,19,20). The van der Waals surface area contributed by atoms with Crippen LogP contribution in [-0.4, -0.2) is 40.7 Å². The minimum Gasteiger partial charge on any atom is -0.494 e. The Morgan fingerprint density at radius 2 is 1.81 bits per heavy atom. The van der Waals surface area contributed by atoms with Crippen molar-refractivity contribution in [1.82, 2.24) is 5.32 Å². The summed E-state index contributed by atoms with van der Waals surface area (Å²) < 4.78 is 5.26. The lowest BCUT2D eigenvalue weighted by atomic mass is 10.1. The number of carbonyl (C=O) groups is 3. The van der Waals surface area contributed by atoms with Crippen LogP contribution in [0, 0.1) is 0 Å². The van der Waals surface area contributed by atoms with Crippen LogP contribution in [0.25, 0.3) is 0 Å². The number of carbonyl (C=O) groups excluding carboxylic acids is 1. The van der Waals surface area contributed by atoms with E-state index < -0.39 is 30.3 Å². The number of hydrogen-bond donors (Lipinski definition) is 3. The average Bonchev–Trinajstić information content (AvgIpc) is 2.40. The van der Waals surface area contributed by atoms with Crippen LogP contribution in [0.5, 0.6) is 5.75 Å². The first-order chi connectivity index (χ1) is 9.92. The number of benzene rings is 1. The summed E-state index contributed by atoms with van der Waals surface area (Å²) in [5.74, 6) is -2.54. The van der Waals surface area contributed by atoms with E-state index in [1.165, 1.54) is 0 Å². The maximum atomic E-state index is 11.7. The molecule has 0 saturated heterocycles. The van der Waals surface area contributed by atoms with Gasteiger partial charge in [-0.25, -0.2) is 4.79 Å². The molecule has 114 valence electrons. The summed E-state index contributed by atoms with van der Waals surface area (Å²) in [5.41, 5.74) is 0.676. The smallest absolute Gasteiger partial charge is 0.326 e. The highest BCUT2D eigenvalue weighted by atomic mass is 16.5. The fourth-order valence-corrected chi connectivity index (χ4v) is 1.68. The maximum Gasteiger partial charge on any atom is 0.326 e. The Kier molecular flexibility index (Phi) is 6.19. The molecule has 21 heavy (non-hydrogen) atoms. The van der Waals surface area contributed by atoms with E-state index in [2.05, 4.69) is 5.32 Å². The van der Waals surface area contributed by atoms with E-state index in [-0.39, 0.29) is 6.42 Å². The van der Waals surface area contributed by atoms with Gasteiger partial charge in [0.2, 0.25) is 5.91 Å². The lowest BCUT2D eigenvalue weighted by molar-refractivity contribution is -0.147. The van der Waals surface area contributed by atoms with Crippen LogP contribution in [0.1, 0.15) is 18.9 Å². The van der Waals surface area contributed by atoms with Crippen LogP contribution in [0.3, 0.4) is 0 Å². The first-order valence-electron chi connectivity index (χ1n) is 6.38. The number of ether oxygens (including phenoxy) is 1. The molecule has 0 saturated carbocycles. The molecule has 7 nitrogen and oxygen atoms in total. The van der Waals surface area contributed by atoms with Gasteiger partial charge in [0.1, 0.15) is 11.8 Å². The predicted molar refractivity (Wildman–Crippen MR) is 73.1 cm³/mol. The van der Waals surface area contributed by atoms with E-state index in [0.717, 1.165) is 0 Å². The molecular weight excluding hydrogens is 278 g/mol. The van der Waals surface area contributed by atoms with Crippen LogP contribution in [0.4, 0.5) is 0 Å². The highest BCUT2D eigenvalue weighted by molar-refractivity contribution is 5.87. The normalized spacial score (nSPS) is 11.5. The van der Waals surface area contributed by atoms with Crippen molar-refractivity contribution in [3.63, 3.8) is 0 Å². The zero-order chi connectivity index (χ0) is 15.8. The van der Waals surface area contributed by atoms with Crippen molar-refractivity contribution in [3.8, 4) is 5.75 Å². The van der Waals surface area contributed by atoms with Crippen LogP contribution >= 0.6 is 0 Å². The quantitative estimate of drug-likeness (QED) is 0.649. The lowest BCUT2D eigenvalue weighted by Gasteiger charge is -2.12. The molecular formula is C14H17NO6. The molecule has 3 N–H and O–H groups in total. The summed E-state index contributed by atoms with van der Waals surface area (Å²) in [5, 5.41) is 19.6. The van der Waals surface area contributed by atoms with Crippen LogP contribution in [0.2, 0.25) is 0 Å². The molecule has 0 bridgehead atoms. The van der Waals surface area contributed by atoms with Gasteiger partial charge in [-0.1, -0.05) is 12.1 Å². The van der Waals surface area contributed by atoms with Crippen LogP contribution < -0.4 is 10.1 Å². The van der Waals surface area contributed by atoms with Gasteiger partial charge in [-0.05, 0) is 24.6 Å². The van der Waals surface area contributed by atoms with Crippen molar-refractivity contribution >= 4 is 17.8 Å². The third-order valence-electron chi connectivity index (χ3n) is 2.61. The molecule has 1 atom stereocenters. The van der Waals surface area contributed by atoms with E-state index in [1.54, 1.807) is 24.3 Å². The van der Waals surface area contributed by atoms with Crippen LogP contribution in [-0.2, 0) is 20.8 Å². The van der Waals surface area contributed by atoms with Gasteiger partial charge in [0.05, 0.1) is 19.4 Å².